The molecular weight excluding hydrogens is 294 g/mol. The zero-order valence-corrected chi connectivity index (χ0v) is 11.8. The van der Waals surface area contributed by atoms with Crippen LogP contribution < -0.4 is 0 Å². The number of carbonyl (C=O) groups excluding carboxylic acids is 2. The van der Waals surface area contributed by atoms with Crippen LogP contribution in [0.2, 0.25) is 5.02 Å². The fraction of sp³-hybridized carbons (Fsp3) is 0.0667. The largest absolute Gasteiger partial charge is 0.285 e. The molecule has 0 aliphatic heterocycles. The number of halogens is 1. The molecule has 2 rings (SSSR count). The van der Waals surface area contributed by atoms with Gasteiger partial charge in [-0.05, 0) is 24.6 Å². The predicted molar refractivity (Wildman–Crippen MR) is 77.9 cm³/mol. The van der Waals surface area contributed by atoms with Gasteiger partial charge in [0.2, 0.25) is 11.6 Å². The summed E-state index contributed by atoms with van der Waals surface area (Å²) >= 11 is 5.96. The van der Waals surface area contributed by atoms with Gasteiger partial charge >= 0.3 is 0 Å². The number of rotatable bonds is 4. The molecular formula is C15H10ClNO4. The average molecular weight is 304 g/mol. The lowest BCUT2D eigenvalue weighted by Gasteiger charge is -2.04. The molecule has 0 fully saturated rings. The standard InChI is InChI=1S/C15H10ClNO4/c1-9-5-6-12(13(16)7-9)15(19)14(18)10-3-2-4-11(8-10)17(20)21/h2-8H,1H3. The molecule has 0 heterocycles. The normalized spacial score (nSPS) is 10.2. The number of hydrogen-bond acceptors (Lipinski definition) is 4. The summed E-state index contributed by atoms with van der Waals surface area (Å²) < 4.78 is 0. The molecule has 0 atom stereocenters. The first-order valence-electron chi connectivity index (χ1n) is 6.00. The lowest BCUT2D eigenvalue weighted by molar-refractivity contribution is -0.384. The van der Waals surface area contributed by atoms with Gasteiger partial charge in [-0.15, -0.1) is 0 Å². The highest BCUT2D eigenvalue weighted by Gasteiger charge is 2.22. The van der Waals surface area contributed by atoms with Crippen molar-refractivity contribution in [1.29, 1.82) is 0 Å². The molecule has 0 saturated carbocycles. The van der Waals surface area contributed by atoms with E-state index in [-0.39, 0.29) is 21.8 Å². The Morgan fingerprint density at radius 2 is 1.81 bits per heavy atom. The van der Waals surface area contributed by atoms with E-state index in [0.717, 1.165) is 11.6 Å². The van der Waals surface area contributed by atoms with Crippen LogP contribution in [0.5, 0.6) is 0 Å². The van der Waals surface area contributed by atoms with Crippen LogP contribution in [0.1, 0.15) is 26.3 Å². The molecule has 0 aliphatic rings. The van der Waals surface area contributed by atoms with Gasteiger partial charge < -0.3 is 0 Å². The van der Waals surface area contributed by atoms with Gasteiger partial charge in [-0.25, -0.2) is 0 Å². The molecule has 0 saturated heterocycles. The van der Waals surface area contributed by atoms with Crippen LogP contribution in [0.4, 0.5) is 5.69 Å². The summed E-state index contributed by atoms with van der Waals surface area (Å²) in [5.74, 6) is -1.62. The number of carbonyl (C=O) groups is 2. The molecule has 0 unspecified atom stereocenters. The van der Waals surface area contributed by atoms with E-state index in [1.807, 2.05) is 6.92 Å². The van der Waals surface area contributed by atoms with Crippen molar-refractivity contribution in [1.82, 2.24) is 0 Å². The third-order valence-corrected chi connectivity index (χ3v) is 3.21. The van der Waals surface area contributed by atoms with E-state index in [1.54, 1.807) is 12.1 Å². The molecule has 21 heavy (non-hydrogen) atoms. The van der Waals surface area contributed by atoms with Crippen LogP contribution >= 0.6 is 11.6 Å². The lowest BCUT2D eigenvalue weighted by Crippen LogP contribution is -2.15. The first-order valence-corrected chi connectivity index (χ1v) is 6.37. The van der Waals surface area contributed by atoms with E-state index in [0.29, 0.717) is 0 Å². The van der Waals surface area contributed by atoms with Crippen molar-refractivity contribution >= 4 is 28.9 Å². The zero-order chi connectivity index (χ0) is 15.6. The van der Waals surface area contributed by atoms with Crippen molar-refractivity contribution in [3.8, 4) is 0 Å². The SMILES string of the molecule is Cc1ccc(C(=O)C(=O)c2cccc([N+](=O)[O-])c2)c(Cl)c1. The van der Waals surface area contributed by atoms with Gasteiger partial charge in [0.25, 0.3) is 5.69 Å². The Kier molecular flexibility index (Phi) is 4.14. The van der Waals surface area contributed by atoms with Crippen LogP contribution in [-0.2, 0) is 0 Å². The molecule has 0 N–H and O–H groups in total. The summed E-state index contributed by atoms with van der Waals surface area (Å²) in [6.07, 6.45) is 0. The summed E-state index contributed by atoms with van der Waals surface area (Å²) in [6, 6.07) is 9.75. The number of benzene rings is 2. The van der Waals surface area contributed by atoms with Crippen molar-refractivity contribution in [2.45, 2.75) is 6.92 Å². The number of hydrogen-bond donors (Lipinski definition) is 0. The van der Waals surface area contributed by atoms with Crippen LogP contribution in [0.3, 0.4) is 0 Å². The molecule has 106 valence electrons. The first kappa shape index (κ1) is 14.9. The van der Waals surface area contributed by atoms with Crippen molar-refractivity contribution in [3.63, 3.8) is 0 Å². The Balaban J connectivity index is 2.37. The number of nitro benzene ring substituents is 1. The summed E-state index contributed by atoms with van der Waals surface area (Å²) in [6.45, 7) is 1.81. The summed E-state index contributed by atoms with van der Waals surface area (Å²) in [5, 5.41) is 10.9. The van der Waals surface area contributed by atoms with Gasteiger partial charge in [-0.3, -0.25) is 19.7 Å². The van der Waals surface area contributed by atoms with E-state index in [2.05, 4.69) is 0 Å². The molecule has 0 spiro atoms. The predicted octanol–water partition coefficient (Wildman–Crippen LogP) is 3.62. The number of non-ortho nitro benzene ring substituents is 1. The third-order valence-electron chi connectivity index (χ3n) is 2.89. The second-order valence-electron chi connectivity index (χ2n) is 4.45. The Bertz CT molecular complexity index is 755. The topological polar surface area (TPSA) is 77.3 Å². The van der Waals surface area contributed by atoms with Crippen molar-refractivity contribution in [2.24, 2.45) is 0 Å². The maximum atomic E-state index is 12.2. The maximum absolute atomic E-state index is 12.2. The third kappa shape index (κ3) is 3.14. The van der Waals surface area contributed by atoms with E-state index >= 15 is 0 Å². The number of aryl methyl sites for hydroxylation is 1. The quantitative estimate of drug-likeness (QED) is 0.374. The highest BCUT2D eigenvalue weighted by molar-refractivity contribution is 6.52. The van der Waals surface area contributed by atoms with Gasteiger partial charge in [0, 0.05) is 23.3 Å². The number of nitro groups is 1. The molecule has 6 heteroatoms. The van der Waals surface area contributed by atoms with Crippen LogP contribution in [-0.4, -0.2) is 16.5 Å². The molecule has 5 nitrogen and oxygen atoms in total. The smallest absolute Gasteiger partial charge is 0.270 e. The Labute approximate surface area is 125 Å². The molecule has 0 bridgehead atoms. The van der Waals surface area contributed by atoms with Gasteiger partial charge in [-0.1, -0.05) is 29.8 Å². The Morgan fingerprint density at radius 3 is 2.43 bits per heavy atom. The van der Waals surface area contributed by atoms with Crippen molar-refractivity contribution in [2.75, 3.05) is 0 Å². The van der Waals surface area contributed by atoms with Gasteiger partial charge in [0.05, 0.1) is 9.95 Å². The summed E-state index contributed by atoms with van der Waals surface area (Å²) in [4.78, 5) is 34.4. The van der Waals surface area contributed by atoms with Gasteiger partial charge in [0.15, 0.2) is 0 Å². The fourth-order valence-electron chi connectivity index (χ4n) is 1.82. The summed E-state index contributed by atoms with van der Waals surface area (Å²) in [5.41, 5.74) is 0.660. The minimum atomic E-state index is -0.829. The first-order chi connectivity index (χ1) is 9.90. The van der Waals surface area contributed by atoms with E-state index in [4.69, 9.17) is 11.6 Å². The average Bonchev–Trinajstić information content (AvgIpc) is 2.46. The molecule has 0 amide bonds. The van der Waals surface area contributed by atoms with Crippen molar-refractivity contribution < 1.29 is 14.5 Å². The highest BCUT2D eigenvalue weighted by atomic mass is 35.5. The molecule has 2 aromatic rings. The number of ketones is 2. The van der Waals surface area contributed by atoms with Crippen LogP contribution in [0.15, 0.2) is 42.5 Å². The van der Waals surface area contributed by atoms with E-state index in [1.165, 1.54) is 24.3 Å². The molecule has 2 aromatic carbocycles. The summed E-state index contributed by atoms with van der Waals surface area (Å²) in [7, 11) is 0. The Morgan fingerprint density at radius 1 is 1.10 bits per heavy atom. The monoisotopic (exact) mass is 303 g/mol. The highest BCUT2D eigenvalue weighted by Crippen LogP contribution is 2.21. The van der Waals surface area contributed by atoms with Crippen LogP contribution in [0, 0.1) is 17.0 Å². The minimum absolute atomic E-state index is 0.0363. The van der Waals surface area contributed by atoms with Crippen LogP contribution in [0.25, 0.3) is 0 Å². The van der Waals surface area contributed by atoms with E-state index < -0.39 is 16.5 Å². The van der Waals surface area contributed by atoms with Gasteiger partial charge in [0.1, 0.15) is 0 Å². The maximum Gasteiger partial charge on any atom is 0.270 e. The zero-order valence-electron chi connectivity index (χ0n) is 11.0. The Hall–Kier alpha value is -2.53. The van der Waals surface area contributed by atoms with E-state index in [9.17, 15) is 19.7 Å². The number of Topliss-reactive ketones (excluding diaryl/α,β-unsaturated/α-hetero) is 2. The van der Waals surface area contributed by atoms with Crippen molar-refractivity contribution in [3.05, 3.63) is 74.3 Å². The fourth-order valence-corrected chi connectivity index (χ4v) is 2.14. The molecule has 0 radical (unpaired) electrons. The number of nitrogens with zero attached hydrogens (tertiary/aromatic N) is 1. The minimum Gasteiger partial charge on any atom is -0.285 e. The molecule has 0 aliphatic carbocycles. The molecule has 0 aromatic heterocycles. The second-order valence-corrected chi connectivity index (χ2v) is 4.86. The van der Waals surface area contributed by atoms with Gasteiger partial charge in [-0.2, -0.15) is 0 Å². The second kappa shape index (κ2) is 5.85. The lowest BCUT2D eigenvalue weighted by atomic mass is 10.0.